The molecule has 0 saturated carbocycles. The van der Waals surface area contributed by atoms with Gasteiger partial charge < -0.3 is 5.32 Å². The summed E-state index contributed by atoms with van der Waals surface area (Å²) in [6.07, 6.45) is 0. The summed E-state index contributed by atoms with van der Waals surface area (Å²) in [6.45, 7) is 5.29. The third-order valence-electron chi connectivity index (χ3n) is 3.94. The molecule has 162 valence electrons. The molecule has 6 nitrogen and oxygen atoms in total. The summed E-state index contributed by atoms with van der Waals surface area (Å²) in [5.41, 5.74) is -0.162. The molecule has 10 heteroatoms. The van der Waals surface area contributed by atoms with Crippen LogP contribution in [0.3, 0.4) is 0 Å². The predicted molar refractivity (Wildman–Crippen MR) is 114 cm³/mol. The fraction of sp³-hybridized carbons (Fsp3) is 0.190. The Morgan fingerprint density at radius 1 is 1.06 bits per heavy atom. The highest BCUT2D eigenvalue weighted by Crippen LogP contribution is 2.26. The molecule has 0 radical (unpaired) electrons. The molecular formula is C21H19ClF3N5O. The van der Waals surface area contributed by atoms with Crippen LogP contribution >= 0.6 is 11.6 Å². The molecule has 0 unspecified atom stereocenters. The molecule has 1 heterocycles. The van der Waals surface area contributed by atoms with Gasteiger partial charge in [-0.1, -0.05) is 23.7 Å². The van der Waals surface area contributed by atoms with Crippen molar-refractivity contribution < 1.29 is 18.0 Å². The fourth-order valence-corrected chi connectivity index (χ4v) is 2.70. The standard InChI is InChI=1S/C21H19ClF3N5O/c1-21(2,3)28-20(27-19(31)12-6-9-14(23)15(24)10-12)26-18-16(25)17(29-30-18)11-4-7-13(22)8-5-11/h4-10H,1-3H3,(H3,26,27,28,29,30,31). The normalized spacial score (nSPS) is 12.0. The fourth-order valence-electron chi connectivity index (χ4n) is 2.57. The summed E-state index contributed by atoms with van der Waals surface area (Å²) in [4.78, 5) is 16.8. The molecule has 0 aliphatic heterocycles. The van der Waals surface area contributed by atoms with Crippen LogP contribution in [0.1, 0.15) is 31.1 Å². The van der Waals surface area contributed by atoms with E-state index in [0.29, 0.717) is 10.6 Å². The van der Waals surface area contributed by atoms with E-state index in [1.54, 1.807) is 45.0 Å². The number of aromatic amines is 1. The van der Waals surface area contributed by atoms with E-state index in [1.807, 2.05) is 0 Å². The van der Waals surface area contributed by atoms with Gasteiger partial charge in [-0.05, 0) is 51.1 Å². The van der Waals surface area contributed by atoms with Crippen LogP contribution < -0.4 is 10.6 Å². The maximum atomic E-state index is 14.9. The lowest BCUT2D eigenvalue weighted by molar-refractivity contribution is 0.0976. The van der Waals surface area contributed by atoms with Gasteiger partial charge in [0.2, 0.25) is 5.96 Å². The van der Waals surface area contributed by atoms with Crippen molar-refractivity contribution in [3.63, 3.8) is 0 Å². The van der Waals surface area contributed by atoms with E-state index >= 15 is 0 Å². The first-order valence-corrected chi connectivity index (χ1v) is 9.54. The van der Waals surface area contributed by atoms with Crippen molar-refractivity contribution in [2.24, 2.45) is 4.99 Å². The number of nitrogens with zero attached hydrogens (tertiary/aromatic N) is 2. The number of hydrogen-bond acceptors (Lipinski definition) is 3. The predicted octanol–water partition coefficient (Wildman–Crippen LogP) is 5.14. The molecule has 3 aromatic rings. The smallest absolute Gasteiger partial charge is 0.258 e. The van der Waals surface area contributed by atoms with Gasteiger partial charge in [0, 0.05) is 16.1 Å². The number of hydrogen-bond donors (Lipinski definition) is 3. The number of halogens is 4. The second-order valence-corrected chi connectivity index (χ2v) is 8.04. The Morgan fingerprint density at radius 2 is 1.74 bits per heavy atom. The summed E-state index contributed by atoms with van der Waals surface area (Å²) in [5.74, 6) is -4.03. The molecule has 0 atom stereocenters. The van der Waals surface area contributed by atoms with Crippen molar-refractivity contribution >= 4 is 29.3 Å². The largest absolute Gasteiger partial charge is 0.307 e. The van der Waals surface area contributed by atoms with E-state index in [1.165, 1.54) is 0 Å². The maximum absolute atomic E-state index is 14.9. The van der Waals surface area contributed by atoms with Gasteiger partial charge in [-0.25, -0.2) is 18.2 Å². The second-order valence-electron chi connectivity index (χ2n) is 7.61. The van der Waals surface area contributed by atoms with Crippen molar-refractivity contribution in [3.05, 3.63) is 70.5 Å². The Labute approximate surface area is 181 Å². The third-order valence-corrected chi connectivity index (χ3v) is 4.19. The highest BCUT2D eigenvalue weighted by Gasteiger charge is 2.20. The first-order valence-electron chi connectivity index (χ1n) is 9.16. The lowest BCUT2D eigenvalue weighted by Gasteiger charge is -2.17. The van der Waals surface area contributed by atoms with Crippen molar-refractivity contribution in [1.82, 2.24) is 15.5 Å². The minimum absolute atomic E-state index is 0.112. The van der Waals surface area contributed by atoms with E-state index in [0.717, 1.165) is 18.2 Å². The average Bonchev–Trinajstić information content (AvgIpc) is 3.03. The van der Waals surface area contributed by atoms with E-state index in [2.05, 4.69) is 25.8 Å². The number of nitrogens with one attached hydrogen (secondary N) is 3. The van der Waals surface area contributed by atoms with Gasteiger partial charge in [-0.2, -0.15) is 5.10 Å². The number of aromatic nitrogens is 2. The molecule has 0 aliphatic rings. The van der Waals surface area contributed by atoms with Gasteiger partial charge in [0.15, 0.2) is 23.3 Å². The summed E-state index contributed by atoms with van der Waals surface area (Å²) in [7, 11) is 0. The summed E-state index contributed by atoms with van der Waals surface area (Å²) < 4.78 is 41.5. The van der Waals surface area contributed by atoms with Crippen LogP contribution in [0.2, 0.25) is 5.02 Å². The molecule has 0 saturated heterocycles. The van der Waals surface area contributed by atoms with Crippen molar-refractivity contribution in [3.8, 4) is 11.3 Å². The molecule has 0 fully saturated rings. The van der Waals surface area contributed by atoms with E-state index < -0.39 is 28.9 Å². The molecule has 1 aromatic heterocycles. The monoisotopic (exact) mass is 449 g/mol. The number of amides is 1. The molecule has 3 rings (SSSR count). The number of rotatable bonds is 3. The van der Waals surface area contributed by atoms with Gasteiger partial charge in [0.25, 0.3) is 5.91 Å². The minimum atomic E-state index is -1.17. The van der Waals surface area contributed by atoms with Crippen LogP contribution in [-0.4, -0.2) is 27.6 Å². The Morgan fingerprint density at radius 3 is 2.35 bits per heavy atom. The van der Waals surface area contributed by atoms with Gasteiger partial charge in [0.05, 0.1) is 5.54 Å². The molecule has 0 spiro atoms. The summed E-state index contributed by atoms with van der Waals surface area (Å²) in [5, 5.41) is 12.1. The topological polar surface area (TPSA) is 82.2 Å². The molecule has 1 amide bonds. The number of carbonyl (C=O) groups excluding carboxylic acids is 1. The van der Waals surface area contributed by atoms with Gasteiger partial charge in [-0.3, -0.25) is 15.2 Å². The number of H-pyrrole nitrogens is 1. The molecule has 0 aliphatic carbocycles. The summed E-state index contributed by atoms with van der Waals surface area (Å²) >= 11 is 5.86. The van der Waals surface area contributed by atoms with E-state index in [9.17, 15) is 18.0 Å². The SMILES string of the molecule is CC(C)(C)N=C(NC(=O)c1ccc(F)c(F)c1)Nc1n[nH]c(-c2ccc(Cl)cc2)c1F. The summed E-state index contributed by atoms with van der Waals surface area (Å²) in [6, 6.07) is 9.18. The number of anilines is 1. The molecule has 31 heavy (non-hydrogen) atoms. The second kappa shape index (κ2) is 8.81. The van der Waals surface area contributed by atoms with Gasteiger partial charge >= 0.3 is 0 Å². The van der Waals surface area contributed by atoms with Gasteiger partial charge in [0.1, 0.15) is 5.69 Å². The first-order chi connectivity index (χ1) is 14.5. The number of guanidine groups is 1. The number of carbonyl (C=O) groups is 1. The first kappa shape index (κ1) is 22.4. The molecular weight excluding hydrogens is 431 g/mol. The Kier molecular flexibility index (Phi) is 6.35. The zero-order chi connectivity index (χ0) is 22.8. The zero-order valence-electron chi connectivity index (χ0n) is 16.9. The van der Waals surface area contributed by atoms with Crippen molar-refractivity contribution in [1.29, 1.82) is 0 Å². The van der Waals surface area contributed by atoms with Crippen LogP contribution in [-0.2, 0) is 0 Å². The van der Waals surface area contributed by atoms with Crippen LogP contribution in [0.5, 0.6) is 0 Å². The van der Waals surface area contributed by atoms with Gasteiger partial charge in [-0.15, -0.1) is 0 Å². The Hall–Kier alpha value is -3.33. The highest BCUT2D eigenvalue weighted by molar-refractivity contribution is 6.30. The van der Waals surface area contributed by atoms with E-state index in [4.69, 9.17) is 11.6 Å². The lowest BCUT2D eigenvalue weighted by Crippen LogP contribution is -2.38. The quantitative estimate of drug-likeness (QED) is 0.382. The van der Waals surface area contributed by atoms with Crippen molar-refractivity contribution in [2.75, 3.05) is 5.32 Å². The molecule has 0 bridgehead atoms. The number of aliphatic imine (C=N–C) groups is 1. The van der Waals surface area contributed by atoms with Crippen LogP contribution in [0.15, 0.2) is 47.5 Å². The van der Waals surface area contributed by atoms with Crippen molar-refractivity contribution in [2.45, 2.75) is 26.3 Å². The maximum Gasteiger partial charge on any atom is 0.258 e. The number of benzene rings is 2. The zero-order valence-corrected chi connectivity index (χ0v) is 17.6. The lowest BCUT2D eigenvalue weighted by atomic mass is 10.1. The minimum Gasteiger partial charge on any atom is -0.307 e. The third kappa shape index (κ3) is 5.64. The molecule has 3 N–H and O–H groups in total. The molecule has 2 aromatic carbocycles. The highest BCUT2D eigenvalue weighted by atomic mass is 35.5. The van der Waals surface area contributed by atoms with Crippen LogP contribution in [0, 0.1) is 17.5 Å². The Bertz CT molecular complexity index is 1140. The van der Waals surface area contributed by atoms with Crippen LogP contribution in [0.25, 0.3) is 11.3 Å². The Balaban J connectivity index is 1.87. The average molecular weight is 450 g/mol. The van der Waals surface area contributed by atoms with Crippen LogP contribution in [0.4, 0.5) is 19.0 Å². The van der Waals surface area contributed by atoms with E-state index in [-0.39, 0.29) is 23.0 Å².